The summed E-state index contributed by atoms with van der Waals surface area (Å²) in [6, 6.07) is -0.101. The van der Waals surface area contributed by atoms with Crippen molar-refractivity contribution in [2.45, 2.75) is 45.7 Å². The van der Waals surface area contributed by atoms with Gasteiger partial charge in [0.15, 0.2) is 0 Å². The van der Waals surface area contributed by atoms with Crippen LogP contribution in [0.15, 0.2) is 0 Å². The van der Waals surface area contributed by atoms with Crippen LogP contribution in [0, 0.1) is 0 Å². The summed E-state index contributed by atoms with van der Waals surface area (Å²) in [6.45, 7) is 9.39. The zero-order chi connectivity index (χ0) is 12.1. The minimum absolute atomic E-state index is 0.0713. The highest BCUT2D eigenvalue weighted by Gasteiger charge is 2.21. The molecule has 0 heterocycles. The maximum Gasteiger partial charge on any atom is 0.237 e. The molecule has 0 aliphatic carbocycles. The first-order chi connectivity index (χ1) is 6.78. The largest absolute Gasteiger partial charge is 0.350 e. The molecule has 0 saturated carbocycles. The van der Waals surface area contributed by atoms with Crippen molar-refractivity contribution in [3.63, 3.8) is 0 Å². The number of likely N-dealkylation sites (N-methyl/N-ethyl adjacent to an activating group) is 1. The van der Waals surface area contributed by atoms with Crippen molar-refractivity contribution in [3.05, 3.63) is 0 Å². The van der Waals surface area contributed by atoms with Gasteiger partial charge in [0.05, 0.1) is 6.04 Å². The van der Waals surface area contributed by atoms with E-state index in [0.29, 0.717) is 6.54 Å². The van der Waals surface area contributed by atoms with E-state index in [4.69, 9.17) is 5.73 Å². The molecule has 0 rings (SSSR count). The molecule has 0 aliphatic rings. The van der Waals surface area contributed by atoms with Crippen LogP contribution in [0.5, 0.6) is 0 Å². The van der Waals surface area contributed by atoms with Crippen LogP contribution in [0.25, 0.3) is 0 Å². The van der Waals surface area contributed by atoms with Gasteiger partial charge in [0, 0.05) is 5.54 Å². The SMILES string of the molecule is CC(C(=O)NC(C)(C)C)N(C)CCCN. The van der Waals surface area contributed by atoms with Crippen molar-refractivity contribution >= 4 is 5.91 Å². The third-order valence-corrected chi connectivity index (χ3v) is 2.25. The van der Waals surface area contributed by atoms with E-state index in [1.54, 1.807) is 0 Å². The van der Waals surface area contributed by atoms with E-state index in [-0.39, 0.29) is 17.5 Å². The molecule has 0 spiro atoms. The van der Waals surface area contributed by atoms with Crippen LogP contribution >= 0.6 is 0 Å². The summed E-state index contributed by atoms with van der Waals surface area (Å²) in [4.78, 5) is 13.8. The monoisotopic (exact) mass is 215 g/mol. The second-order valence-corrected chi connectivity index (χ2v) is 5.04. The summed E-state index contributed by atoms with van der Waals surface area (Å²) in [6.07, 6.45) is 0.920. The minimum Gasteiger partial charge on any atom is -0.350 e. The van der Waals surface area contributed by atoms with Crippen molar-refractivity contribution in [3.8, 4) is 0 Å². The van der Waals surface area contributed by atoms with Crippen molar-refractivity contribution in [2.24, 2.45) is 5.73 Å². The zero-order valence-corrected chi connectivity index (χ0v) is 10.6. The molecular formula is C11H25N3O. The normalized spacial score (nSPS) is 14.1. The Bertz CT molecular complexity index is 198. The van der Waals surface area contributed by atoms with Gasteiger partial charge in [-0.3, -0.25) is 9.69 Å². The second-order valence-electron chi connectivity index (χ2n) is 5.04. The first-order valence-corrected chi connectivity index (χ1v) is 5.50. The Labute approximate surface area is 93.2 Å². The molecule has 0 aromatic rings. The lowest BCUT2D eigenvalue weighted by Crippen LogP contribution is -2.50. The van der Waals surface area contributed by atoms with Crippen molar-refractivity contribution in [1.29, 1.82) is 0 Å². The third kappa shape index (κ3) is 6.47. The zero-order valence-electron chi connectivity index (χ0n) is 10.6. The lowest BCUT2D eigenvalue weighted by atomic mass is 10.1. The van der Waals surface area contributed by atoms with E-state index >= 15 is 0 Å². The van der Waals surface area contributed by atoms with Gasteiger partial charge in [0.2, 0.25) is 5.91 Å². The number of amides is 1. The topological polar surface area (TPSA) is 58.4 Å². The fourth-order valence-corrected chi connectivity index (χ4v) is 1.21. The van der Waals surface area contributed by atoms with E-state index in [1.807, 2.05) is 39.6 Å². The second kappa shape index (κ2) is 6.08. The molecular weight excluding hydrogens is 190 g/mol. The predicted molar refractivity (Wildman–Crippen MR) is 63.7 cm³/mol. The highest BCUT2D eigenvalue weighted by molar-refractivity contribution is 5.81. The first kappa shape index (κ1) is 14.4. The molecule has 15 heavy (non-hydrogen) atoms. The van der Waals surface area contributed by atoms with Crippen LogP contribution in [0.3, 0.4) is 0 Å². The van der Waals surface area contributed by atoms with E-state index in [9.17, 15) is 4.79 Å². The fourth-order valence-electron chi connectivity index (χ4n) is 1.21. The first-order valence-electron chi connectivity index (χ1n) is 5.50. The molecule has 4 nitrogen and oxygen atoms in total. The van der Waals surface area contributed by atoms with Gasteiger partial charge in [-0.1, -0.05) is 0 Å². The van der Waals surface area contributed by atoms with Gasteiger partial charge in [-0.25, -0.2) is 0 Å². The lowest BCUT2D eigenvalue weighted by Gasteiger charge is -2.28. The Morgan fingerprint density at radius 3 is 2.40 bits per heavy atom. The molecule has 3 N–H and O–H groups in total. The number of nitrogens with one attached hydrogen (secondary N) is 1. The highest BCUT2D eigenvalue weighted by Crippen LogP contribution is 2.03. The molecule has 1 atom stereocenters. The van der Waals surface area contributed by atoms with E-state index in [0.717, 1.165) is 13.0 Å². The number of nitrogens with two attached hydrogens (primary N) is 1. The van der Waals surface area contributed by atoms with Crippen LogP contribution in [0.4, 0.5) is 0 Å². The van der Waals surface area contributed by atoms with Gasteiger partial charge in [-0.15, -0.1) is 0 Å². The molecule has 1 unspecified atom stereocenters. The Morgan fingerprint density at radius 2 is 2.00 bits per heavy atom. The number of nitrogens with zero attached hydrogens (tertiary/aromatic N) is 1. The number of hydrogen-bond acceptors (Lipinski definition) is 3. The van der Waals surface area contributed by atoms with Gasteiger partial charge in [-0.2, -0.15) is 0 Å². The molecule has 1 amide bonds. The quantitative estimate of drug-likeness (QED) is 0.705. The summed E-state index contributed by atoms with van der Waals surface area (Å²) in [7, 11) is 1.95. The molecule has 0 bridgehead atoms. The predicted octanol–water partition coefficient (Wildman–Crippen LogP) is 0.570. The molecule has 0 fully saturated rings. The van der Waals surface area contributed by atoms with Gasteiger partial charge in [-0.05, 0) is 54.3 Å². The molecule has 90 valence electrons. The molecule has 4 heteroatoms. The molecule has 0 radical (unpaired) electrons. The molecule has 0 aromatic carbocycles. The number of rotatable bonds is 5. The van der Waals surface area contributed by atoms with E-state index in [1.165, 1.54) is 0 Å². The van der Waals surface area contributed by atoms with Crippen molar-refractivity contribution in [2.75, 3.05) is 20.1 Å². The van der Waals surface area contributed by atoms with Crippen molar-refractivity contribution in [1.82, 2.24) is 10.2 Å². The van der Waals surface area contributed by atoms with Gasteiger partial charge in [0.25, 0.3) is 0 Å². The highest BCUT2D eigenvalue weighted by atomic mass is 16.2. The average molecular weight is 215 g/mol. The summed E-state index contributed by atoms with van der Waals surface area (Å²) in [5, 5.41) is 2.96. The summed E-state index contributed by atoms with van der Waals surface area (Å²) in [5.74, 6) is 0.0713. The Kier molecular flexibility index (Phi) is 5.83. The van der Waals surface area contributed by atoms with Gasteiger partial charge < -0.3 is 11.1 Å². The number of carbonyl (C=O) groups excluding carboxylic acids is 1. The smallest absolute Gasteiger partial charge is 0.237 e. The van der Waals surface area contributed by atoms with Crippen LogP contribution in [0.2, 0.25) is 0 Å². The summed E-state index contributed by atoms with van der Waals surface area (Å²) in [5.41, 5.74) is 5.26. The number of hydrogen-bond donors (Lipinski definition) is 2. The maximum absolute atomic E-state index is 11.8. The van der Waals surface area contributed by atoms with Crippen LogP contribution in [-0.2, 0) is 4.79 Å². The van der Waals surface area contributed by atoms with Gasteiger partial charge in [0.1, 0.15) is 0 Å². The molecule has 0 saturated heterocycles. The Hall–Kier alpha value is -0.610. The molecule has 0 aliphatic heterocycles. The van der Waals surface area contributed by atoms with Crippen molar-refractivity contribution < 1.29 is 4.79 Å². The van der Waals surface area contributed by atoms with E-state index < -0.39 is 0 Å². The summed E-state index contributed by atoms with van der Waals surface area (Å²) >= 11 is 0. The van der Waals surface area contributed by atoms with Gasteiger partial charge >= 0.3 is 0 Å². The van der Waals surface area contributed by atoms with Crippen LogP contribution in [0.1, 0.15) is 34.1 Å². The maximum atomic E-state index is 11.8. The average Bonchev–Trinajstić information content (AvgIpc) is 2.10. The lowest BCUT2D eigenvalue weighted by molar-refractivity contribution is -0.126. The standard InChI is InChI=1S/C11H25N3O/c1-9(14(5)8-6-7-12)10(15)13-11(2,3)4/h9H,6-8,12H2,1-5H3,(H,13,15). The summed E-state index contributed by atoms with van der Waals surface area (Å²) < 4.78 is 0. The van der Waals surface area contributed by atoms with Crippen LogP contribution < -0.4 is 11.1 Å². The fraction of sp³-hybridized carbons (Fsp3) is 0.909. The third-order valence-electron chi connectivity index (χ3n) is 2.25. The molecule has 0 aromatic heterocycles. The van der Waals surface area contributed by atoms with Crippen LogP contribution in [-0.4, -0.2) is 42.5 Å². The van der Waals surface area contributed by atoms with E-state index in [2.05, 4.69) is 5.32 Å². The Morgan fingerprint density at radius 1 is 1.47 bits per heavy atom. The number of carbonyl (C=O) groups is 1. The Balaban J connectivity index is 4.08. The minimum atomic E-state index is -0.167.